The van der Waals surface area contributed by atoms with Crippen molar-refractivity contribution in [1.29, 1.82) is 0 Å². The van der Waals surface area contributed by atoms with E-state index in [0.717, 1.165) is 41.5 Å². The highest BCUT2D eigenvalue weighted by Gasteiger charge is 2.29. The van der Waals surface area contributed by atoms with Crippen molar-refractivity contribution in [2.75, 3.05) is 40.3 Å². The highest BCUT2D eigenvalue weighted by molar-refractivity contribution is 5.89. The van der Waals surface area contributed by atoms with Gasteiger partial charge in [-0.05, 0) is 57.3 Å². The van der Waals surface area contributed by atoms with Crippen LogP contribution in [0.25, 0.3) is 11.0 Å². The van der Waals surface area contributed by atoms with Crippen LogP contribution in [-0.2, 0) is 16.0 Å². The topological polar surface area (TPSA) is 65.8 Å². The first-order chi connectivity index (χ1) is 14.6. The second-order valence-corrected chi connectivity index (χ2v) is 10.1. The zero-order valence-electron chi connectivity index (χ0n) is 19.9. The van der Waals surface area contributed by atoms with Gasteiger partial charge in [-0.25, -0.2) is 0 Å². The van der Waals surface area contributed by atoms with Gasteiger partial charge in [0.25, 0.3) is 0 Å². The Bertz CT molecular complexity index is 937. The van der Waals surface area contributed by atoms with Crippen LogP contribution in [0.1, 0.15) is 43.4 Å². The molecule has 0 radical (unpaired) electrons. The first kappa shape index (κ1) is 23.3. The van der Waals surface area contributed by atoms with E-state index in [-0.39, 0.29) is 23.1 Å². The minimum atomic E-state index is -0.0143. The summed E-state index contributed by atoms with van der Waals surface area (Å²) in [5.74, 6) is 0.206. The first-order valence-corrected chi connectivity index (χ1v) is 11.2. The fourth-order valence-electron chi connectivity index (χ4n) is 4.57. The Morgan fingerprint density at radius 3 is 2.52 bits per heavy atom. The summed E-state index contributed by atoms with van der Waals surface area (Å²) in [6.07, 6.45) is 3.49. The average molecular weight is 428 g/mol. The molecule has 3 rings (SSSR count). The molecule has 0 aliphatic carbocycles. The molecule has 1 aromatic heterocycles. The minimum absolute atomic E-state index is 0.0143. The summed E-state index contributed by atoms with van der Waals surface area (Å²) in [6.45, 7) is 11.3. The summed E-state index contributed by atoms with van der Waals surface area (Å²) in [4.78, 5) is 29.5. The molecule has 1 aliphatic heterocycles. The molecule has 1 aliphatic rings. The number of piperidine rings is 1. The maximum Gasteiger partial charge on any atom is 0.227 e. The van der Waals surface area contributed by atoms with Gasteiger partial charge < -0.3 is 19.5 Å². The number of hydrogen-bond donors (Lipinski definition) is 1. The van der Waals surface area contributed by atoms with Gasteiger partial charge in [-0.2, -0.15) is 0 Å². The molecule has 0 bridgehead atoms. The quantitative estimate of drug-likeness (QED) is 0.734. The minimum Gasteiger partial charge on any atom is -0.464 e. The molecule has 1 saturated heterocycles. The van der Waals surface area contributed by atoms with Crippen molar-refractivity contribution in [3.05, 3.63) is 35.1 Å². The van der Waals surface area contributed by atoms with E-state index in [9.17, 15) is 9.59 Å². The molecular weight excluding hydrogens is 390 g/mol. The number of likely N-dealkylation sites (tertiary alicyclic amines) is 1. The van der Waals surface area contributed by atoms with Crippen LogP contribution < -0.4 is 5.32 Å². The summed E-state index contributed by atoms with van der Waals surface area (Å²) in [7, 11) is 4.09. The van der Waals surface area contributed by atoms with Crippen molar-refractivity contribution < 1.29 is 14.0 Å². The molecule has 0 saturated carbocycles. The van der Waals surface area contributed by atoms with Gasteiger partial charge in [0.15, 0.2) is 0 Å². The van der Waals surface area contributed by atoms with E-state index in [0.29, 0.717) is 26.1 Å². The van der Waals surface area contributed by atoms with Gasteiger partial charge in [-0.15, -0.1) is 0 Å². The molecule has 31 heavy (non-hydrogen) atoms. The SMILES string of the molecule is Cc1ccc2c(CC(=O)N3CCC(C(=O)NCC(C)(C)CN(C)C)CC3)coc2c1C. The molecule has 1 N–H and O–H groups in total. The molecule has 1 aromatic carbocycles. The normalized spacial score (nSPS) is 15.6. The van der Waals surface area contributed by atoms with Gasteiger partial charge >= 0.3 is 0 Å². The fourth-order valence-corrected chi connectivity index (χ4v) is 4.57. The van der Waals surface area contributed by atoms with Crippen LogP contribution in [0.3, 0.4) is 0 Å². The van der Waals surface area contributed by atoms with Crippen LogP contribution in [0, 0.1) is 25.2 Å². The number of hydrogen-bond acceptors (Lipinski definition) is 4. The lowest BCUT2D eigenvalue weighted by atomic mass is 9.91. The molecule has 1 fully saturated rings. The average Bonchev–Trinajstić information content (AvgIpc) is 3.11. The number of nitrogens with one attached hydrogen (secondary N) is 1. The van der Waals surface area contributed by atoms with Gasteiger partial charge in [-0.3, -0.25) is 9.59 Å². The van der Waals surface area contributed by atoms with Crippen molar-refractivity contribution in [1.82, 2.24) is 15.1 Å². The standard InChI is InChI=1S/C25H37N3O3/c1-17-7-8-21-20(14-31-23(21)18(17)2)13-22(29)28-11-9-19(10-12-28)24(30)26-15-25(3,4)16-27(5)6/h7-8,14,19H,9-13,15-16H2,1-6H3,(H,26,30). The predicted octanol–water partition coefficient (Wildman–Crippen LogP) is 3.53. The number of carbonyl (C=O) groups is 2. The third-order valence-corrected chi connectivity index (χ3v) is 6.39. The molecule has 6 heteroatoms. The van der Waals surface area contributed by atoms with Crippen molar-refractivity contribution in [3.8, 4) is 0 Å². The van der Waals surface area contributed by atoms with Crippen LogP contribution >= 0.6 is 0 Å². The lowest BCUT2D eigenvalue weighted by Crippen LogP contribution is -2.46. The van der Waals surface area contributed by atoms with Crippen LogP contribution in [0.2, 0.25) is 0 Å². The predicted molar refractivity (Wildman–Crippen MR) is 124 cm³/mol. The van der Waals surface area contributed by atoms with Crippen molar-refractivity contribution in [2.45, 2.75) is 47.0 Å². The Kier molecular flexibility index (Phi) is 7.10. The lowest BCUT2D eigenvalue weighted by molar-refractivity contribution is -0.135. The van der Waals surface area contributed by atoms with E-state index in [1.54, 1.807) is 6.26 Å². The Morgan fingerprint density at radius 2 is 1.87 bits per heavy atom. The second kappa shape index (κ2) is 9.43. The molecule has 6 nitrogen and oxygen atoms in total. The third-order valence-electron chi connectivity index (χ3n) is 6.39. The Hall–Kier alpha value is -2.34. The van der Waals surface area contributed by atoms with Gasteiger partial charge in [0.2, 0.25) is 11.8 Å². The number of rotatable bonds is 7. The molecule has 170 valence electrons. The first-order valence-electron chi connectivity index (χ1n) is 11.2. The van der Waals surface area contributed by atoms with Gasteiger partial charge in [-0.1, -0.05) is 26.0 Å². The van der Waals surface area contributed by atoms with E-state index >= 15 is 0 Å². The van der Waals surface area contributed by atoms with E-state index in [2.05, 4.69) is 37.1 Å². The molecule has 2 amide bonds. The molecular formula is C25H37N3O3. The van der Waals surface area contributed by atoms with E-state index in [1.807, 2.05) is 32.0 Å². The summed E-state index contributed by atoms with van der Waals surface area (Å²) in [6, 6.07) is 4.11. The van der Waals surface area contributed by atoms with Gasteiger partial charge in [0, 0.05) is 43.0 Å². The highest BCUT2D eigenvalue weighted by Crippen LogP contribution is 2.27. The number of aryl methyl sites for hydroxylation is 2. The second-order valence-electron chi connectivity index (χ2n) is 10.1. The van der Waals surface area contributed by atoms with Crippen LogP contribution in [0.15, 0.2) is 22.8 Å². The summed E-state index contributed by atoms with van der Waals surface area (Å²) in [5, 5.41) is 4.15. The lowest BCUT2D eigenvalue weighted by Gasteiger charge is -2.33. The smallest absolute Gasteiger partial charge is 0.227 e. The number of nitrogens with zero attached hydrogens (tertiary/aromatic N) is 2. The fraction of sp³-hybridized carbons (Fsp3) is 0.600. The summed E-state index contributed by atoms with van der Waals surface area (Å²) in [5.41, 5.74) is 4.14. The third kappa shape index (κ3) is 5.67. The highest BCUT2D eigenvalue weighted by atomic mass is 16.3. The molecule has 2 heterocycles. The zero-order valence-corrected chi connectivity index (χ0v) is 19.9. The van der Waals surface area contributed by atoms with Crippen LogP contribution in [0.5, 0.6) is 0 Å². The van der Waals surface area contributed by atoms with Crippen molar-refractivity contribution >= 4 is 22.8 Å². The van der Waals surface area contributed by atoms with Gasteiger partial charge in [0.1, 0.15) is 5.58 Å². The number of benzene rings is 1. The van der Waals surface area contributed by atoms with E-state index in [4.69, 9.17) is 4.42 Å². The van der Waals surface area contributed by atoms with Crippen LogP contribution in [-0.4, -0.2) is 61.9 Å². The number of amides is 2. The molecule has 0 unspecified atom stereocenters. The number of carbonyl (C=O) groups excluding carboxylic acids is 2. The van der Waals surface area contributed by atoms with E-state index in [1.165, 1.54) is 5.56 Å². The largest absolute Gasteiger partial charge is 0.464 e. The maximum absolute atomic E-state index is 12.9. The molecule has 2 aromatic rings. The Morgan fingerprint density at radius 1 is 1.19 bits per heavy atom. The Labute approximate surface area is 185 Å². The van der Waals surface area contributed by atoms with Crippen molar-refractivity contribution in [3.63, 3.8) is 0 Å². The number of fused-ring (bicyclic) bond motifs is 1. The Balaban J connectivity index is 1.51. The van der Waals surface area contributed by atoms with E-state index < -0.39 is 0 Å². The van der Waals surface area contributed by atoms with Crippen molar-refractivity contribution in [2.24, 2.45) is 11.3 Å². The maximum atomic E-state index is 12.9. The molecule has 0 spiro atoms. The molecule has 0 atom stereocenters. The number of furan rings is 1. The monoisotopic (exact) mass is 427 g/mol. The van der Waals surface area contributed by atoms with Crippen LogP contribution in [0.4, 0.5) is 0 Å². The summed E-state index contributed by atoms with van der Waals surface area (Å²) < 4.78 is 5.75. The summed E-state index contributed by atoms with van der Waals surface area (Å²) >= 11 is 0. The van der Waals surface area contributed by atoms with Gasteiger partial charge in [0.05, 0.1) is 12.7 Å². The zero-order chi connectivity index (χ0) is 22.8.